The third-order valence-corrected chi connectivity index (χ3v) is 1.39. The second-order valence-corrected chi connectivity index (χ2v) is 2.28. The van der Waals surface area contributed by atoms with Gasteiger partial charge in [-0.25, -0.2) is 9.50 Å². The van der Waals surface area contributed by atoms with E-state index in [2.05, 4.69) is 10.1 Å². The predicted octanol–water partition coefficient (Wildman–Crippen LogP) is 1.38. The van der Waals surface area contributed by atoms with Gasteiger partial charge < -0.3 is 0 Å². The summed E-state index contributed by atoms with van der Waals surface area (Å²) in [6.45, 7) is 0. The molecule has 3 nitrogen and oxygen atoms in total. The topological polar surface area (TPSA) is 30.2 Å². The van der Waals surface area contributed by atoms with Gasteiger partial charge in [0, 0.05) is 18.5 Å². The van der Waals surface area contributed by atoms with Gasteiger partial charge in [0.25, 0.3) is 0 Å². The first kappa shape index (κ1) is 5.68. The van der Waals surface area contributed by atoms with Gasteiger partial charge in [0.1, 0.15) is 0 Å². The van der Waals surface area contributed by atoms with Gasteiger partial charge in [-0.3, -0.25) is 0 Å². The number of aromatic nitrogens is 3. The summed E-state index contributed by atoms with van der Waals surface area (Å²) >= 11 is 5.61. The third kappa shape index (κ3) is 0.752. The second-order valence-electron chi connectivity index (χ2n) is 1.89. The number of hydrogen-bond donors (Lipinski definition) is 0. The average Bonchev–Trinajstić information content (AvgIpc) is 2.27. The van der Waals surface area contributed by atoms with Crippen molar-refractivity contribution in [2.24, 2.45) is 0 Å². The minimum Gasteiger partial charge on any atom is -0.237 e. The molecule has 2 aromatic rings. The molecule has 0 spiro atoms. The Bertz CT molecular complexity index is 322. The molecule has 0 aliphatic rings. The highest BCUT2D eigenvalue weighted by molar-refractivity contribution is 6.29. The maximum Gasteiger partial charge on any atom is 0.156 e. The minimum absolute atomic E-state index is 0.471. The van der Waals surface area contributed by atoms with Gasteiger partial charge in [-0.2, -0.15) is 5.10 Å². The molecule has 10 heavy (non-hydrogen) atoms. The van der Waals surface area contributed by atoms with Crippen molar-refractivity contribution in [3.05, 3.63) is 29.7 Å². The fourth-order valence-electron chi connectivity index (χ4n) is 0.801. The predicted molar refractivity (Wildman–Crippen MR) is 38.0 cm³/mol. The van der Waals surface area contributed by atoms with E-state index in [1.54, 1.807) is 29.0 Å². The molecule has 0 radical (unpaired) electrons. The molecule has 0 atom stereocenters. The van der Waals surface area contributed by atoms with E-state index in [-0.39, 0.29) is 0 Å². The van der Waals surface area contributed by atoms with Gasteiger partial charge in [0.15, 0.2) is 10.8 Å². The molecule has 0 N–H and O–H groups in total. The molecule has 0 saturated carbocycles. The van der Waals surface area contributed by atoms with E-state index in [0.717, 1.165) is 5.65 Å². The third-order valence-electron chi connectivity index (χ3n) is 1.21. The summed E-state index contributed by atoms with van der Waals surface area (Å²) in [4.78, 5) is 4.02. The van der Waals surface area contributed by atoms with E-state index in [1.807, 2.05) is 0 Å². The summed E-state index contributed by atoms with van der Waals surface area (Å²) in [5.74, 6) is 0. The van der Waals surface area contributed by atoms with Gasteiger partial charge in [-0.05, 0) is 6.07 Å². The van der Waals surface area contributed by atoms with Crippen molar-refractivity contribution in [2.45, 2.75) is 0 Å². The van der Waals surface area contributed by atoms with Crippen molar-refractivity contribution in [3.63, 3.8) is 0 Å². The molecule has 0 fully saturated rings. The van der Waals surface area contributed by atoms with E-state index in [4.69, 9.17) is 11.6 Å². The Morgan fingerprint density at radius 1 is 1.50 bits per heavy atom. The van der Waals surface area contributed by atoms with Crippen LogP contribution >= 0.6 is 11.6 Å². The summed E-state index contributed by atoms with van der Waals surface area (Å²) in [5.41, 5.74) is 0.771. The fraction of sp³-hybridized carbons (Fsp3) is 0. The van der Waals surface area contributed by atoms with E-state index < -0.39 is 0 Å². The summed E-state index contributed by atoms with van der Waals surface area (Å²) in [6, 6.07) is 3.51. The maximum absolute atomic E-state index is 5.61. The zero-order chi connectivity index (χ0) is 6.97. The lowest BCUT2D eigenvalue weighted by Crippen LogP contribution is -1.85. The molecule has 0 aromatic carbocycles. The highest BCUT2D eigenvalue weighted by Crippen LogP contribution is 2.06. The molecule has 0 saturated heterocycles. The fourth-order valence-corrected chi connectivity index (χ4v) is 0.980. The van der Waals surface area contributed by atoms with Crippen molar-refractivity contribution in [1.82, 2.24) is 14.6 Å². The van der Waals surface area contributed by atoms with Gasteiger partial charge in [-0.1, -0.05) is 11.6 Å². The smallest absolute Gasteiger partial charge is 0.156 e. The second kappa shape index (κ2) is 1.95. The van der Waals surface area contributed by atoms with Crippen LogP contribution in [-0.2, 0) is 0 Å². The van der Waals surface area contributed by atoms with E-state index >= 15 is 0 Å². The SMILES string of the molecule is Clc1cc2ncccn2n1. The van der Waals surface area contributed by atoms with E-state index in [9.17, 15) is 0 Å². The molecule has 50 valence electrons. The number of fused-ring (bicyclic) bond motifs is 1. The van der Waals surface area contributed by atoms with E-state index in [1.165, 1.54) is 0 Å². The van der Waals surface area contributed by atoms with Crippen LogP contribution < -0.4 is 0 Å². The van der Waals surface area contributed by atoms with Crippen LogP contribution in [0.2, 0.25) is 5.15 Å². The van der Waals surface area contributed by atoms with Crippen LogP contribution in [0.25, 0.3) is 5.65 Å². The number of rotatable bonds is 0. The molecular formula is C6H4ClN3. The zero-order valence-corrected chi connectivity index (χ0v) is 5.78. The lowest BCUT2D eigenvalue weighted by atomic mass is 10.6. The Morgan fingerprint density at radius 3 is 3.20 bits per heavy atom. The molecule has 0 amide bonds. The van der Waals surface area contributed by atoms with Crippen LogP contribution in [0.3, 0.4) is 0 Å². The van der Waals surface area contributed by atoms with Crippen LogP contribution in [0.15, 0.2) is 24.5 Å². The Morgan fingerprint density at radius 2 is 2.40 bits per heavy atom. The Kier molecular flexibility index (Phi) is 1.11. The highest BCUT2D eigenvalue weighted by Gasteiger charge is 1.95. The summed E-state index contributed by atoms with van der Waals surface area (Å²) < 4.78 is 1.63. The van der Waals surface area contributed by atoms with Gasteiger partial charge in [0.05, 0.1) is 0 Å². The summed E-state index contributed by atoms with van der Waals surface area (Å²) in [5, 5.41) is 4.40. The molecule has 2 aromatic heterocycles. The van der Waals surface area contributed by atoms with Gasteiger partial charge in [0.2, 0.25) is 0 Å². The monoisotopic (exact) mass is 153 g/mol. The first-order chi connectivity index (χ1) is 4.86. The molecule has 0 aliphatic heterocycles. The maximum atomic E-state index is 5.61. The van der Waals surface area contributed by atoms with Gasteiger partial charge in [-0.15, -0.1) is 0 Å². The Labute approximate surface area is 62.3 Å². The van der Waals surface area contributed by atoms with Crippen LogP contribution in [0.1, 0.15) is 0 Å². The van der Waals surface area contributed by atoms with Crippen molar-refractivity contribution in [3.8, 4) is 0 Å². The lowest BCUT2D eigenvalue weighted by molar-refractivity contribution is 0.940. The van der Waals surface area contributed by atoms with E-state index in [0.29, 0.717) is 5.15 Å². The van der Waals surface area contributed by atoms with Crippen LogP contribution in [0, 0.1) is 0 Å². The van der Waals surface area contributed by atoms with Crippen LogP contribution in [-0.4, -0.2) is 14.6 Å². The normalized spacial score (nSPS) is 10.5. The molecule has 4 heteroatoms. The largest absolute Gasteiger partial charge is 0.237 e. The molecule has 0 unspecified atom stereocenters. The average molecular weight is 154 g/mol. The Balaban J connectivity index is 2.88. The molecule has 2 rings (SSSR count). The molecule has 0 aliphatic carbocycles. The zero-order valence-electron chi connectivity index (χ0n) is 5.03. The van der Waals surface area contributed by atoms with Crippen LogP contribution in [0.5, 0.6) is 0 Å². The quantitative estimate of drug-likeness (QED) is 0.573. The van der Waals surface area contributed by atoms with Crippen molar-refractivity contribution in [1.29, 1.82) is 0 Å². The standard InChI is InChI=1S/C6H4ClN3/c7-5-4-6-8-2-1-3-10(6)9-5/h1-4H. The van der Waals surface area contributed by atoms with Crippen molar-refractivity contribution >= 4 is 17.2 Å². The molecule has 2 heterocycles. The molecule has 0 bridgehead atoms. The minimum atomic E-state index is 0.471. The Hall–Kier alpha value is -1.09. The number of nitrogens with zero attached hydrogens (tertiary/aromatic N) is 3. The first-order valence-electron chi connectivity index (χ1n) is 2.82. The summed E-state index contributed by atoms with van der Waals surface area (Å²) in [7, 11) is 0. The van der Waals surface area contributed by atoms with Crippen molar-refractivity contribution < 1.29 is 0 Å². The highest BCUT2D eigenvalue weighted by atomic mass is 35.5. The summed E-state index contributed by atoms with van der Waals surface area (Å²) in [6.07, 6.45) is 3.50. The van der Waals surface area contributed by atoms with Crippen LogP contribution in [0.4, 0.5) is 0 Å². The van der Waals surface area contributed by atoms with Gasteiger partial charge >= 0.3 is 0 Å². The molecular weight excluding hydrogens is 150 g/mol. The lowest BCUT2D eigenvalue weighted by Gasteiger charge is -1.85. The number of hydrogen-bond acceptors (Lipinski definition) is 2. The number of halogens is 1. The van der Waals surface area contributed by atoms with Crippen molar-refractivity contribution in [2.75, 3.05) is 0 Å². The first-order valence-corrected chi connectivity index (χ1v) is 3.20.